The van der Waals surface area contributed by atoms with Gasteiger partial charge in [0.1, 0.15) is 0 Å². The summed E-state index contributed by atoms with van der Waals surface area (Å²) in [6.45, 7) is 1.86. The lowest BCUT2D eigenvalue weighted by Gasteiger charge is -2.08. The Morgan fingerprint density at radius 3 is 2.68 bits per heavy atom. The van der Waals surface area contributed by atoms with Crippen LogP contribution in [0.4, 0.5) is 0 Å². The normalized spacial score (nSPS) is 10.9. The van der Waals surface area contributed by atoms with Gasteiger partial charge in [0.25, 0.3) is 5.91 Å². The molecule has 0 aliphatic rings. The van der Waals surface area contributed by atoms with Gasteiger partial charge in [-0.2, -0.15) is 5.10 Å². The highest BCUT2D eigenvalue weighted by Gasteiger charge is 2.19. The van der Waals surface area contributed by atoms with E-state index in [4.69, 9.17) is 4.84 Å². The highest BCUT2D eigenvalue weighted by Crippen LogP contribution is 2.26. The summed E-state index contributed by atoms with van der Waals surface area (Å²) in [6, 6.07) is 11.5. The van der Waals surface area contributed by atoms with E-state index in [1.165, 1.54) is 7.11 Å². The highest BCUT2D eigenvalue weighted by atomic mass is 16.6. The van der Waals surface area contributed by atoms with Crippen molar-refractivity contribution >= 4 is 16.9 Å². The molecule has 22 heavy (non-hydrogen) atoms. The number of aromatic nitrogens is 3. The minimum Gasteiger partial charge on any atom is -0.277 e. The second-order valence-electron chi connectivity index (χ2n) is 4.96. The van der Waals surface area contributed by atoms with Crippen molar-refractivity contribution in [2.24, 2.45) is 7.05 Å². The van der Waals surface area contributed by atoms with Crippen LogP contribution in [0.3, 0.4) is 0 Å². The van der Waals surface area contributed by atoms with Crippen LogP contribution in [0.15, 0.2) is 36.4 Å². The molecule has 3 rings (SSSR count). The Bertz CT molecular complexity index is 840. The number of aryl methyl sites for hydroxylation is 2. The zero-order valence-electron chi connectivity index (χ0n) is 12.6. The van der Waals surface area contributed by atoms with E-state index >= 15 is 0 Å². The Balaban J connectivity index is 2.29. The molecule has 2 aromatic heterocycles. The van der Waals surface area contributed by atoms with Crippen molar-refractivity contribution in [3.63, 3.8) is 0 Å². The Hall–Kier alpha value is -2.73. The number of hydroxylamine groups is 1. The second-order valence-corrected chi connectivity index (χ2v) is 4.96. The summed E-state index contributed by atoms with van der Waals surface area (Å²) in [6.07, 6.45) is 0. The molecule has 0 unspecified atom stereocenters. The molecule has 1 N–H and O–H groups in total. The molecule has 3 aromatic rings. The molecule has 0 saturated heterocycles. The zero-order valence-corrected chi connectivity index (χ0v) is 12.6. The Morgan fingerprint density at radius 1 is 1.27 bits per heavy atom. The Kier molecular flexibility index (Phi) is 3.60. The first-order chi connectivity index (χ1) is 10.6. The van der Waals surface area contributed by atoms with Crippen molar-refractivity contribution < 1.29 is 9.63 Å². The summed E-state index contributed by atoms with van der Waals surface area (Å²) in [5.41, 5.74) is 5.94. The fourth-order valence-electron chi connectivity index (χ4n) is 2.53. The topological polar surface area (TPSA) is 69.0 Å². The molecule has 6 heteroatoms. The monoisotopic (exact) mass is 296 g/mol. The maximum Gasteiger partial charge on any atom is 0.275 e. The number of hydrogen-bond donors (Lipinski definition) is 1. The van der Waals surface area contributed by atoms with Crippen LogP contribution in [0.2, 0.25) is 0 Å². The average molecular weight is 296 g/mol. The van der Waals surface area contributed by atoms with E-state index in [1.807, 2.05) is 44.3 Å². The van der Waals surface area contributed by atoms with Crippen molar-refractivity contribution in [2.75, 3.05) is 7.11 Å². The Morgan fingerprint density at radius 2 is 2.00 bits per heavy atom. The standard InChI is InChI=1S/C16H16N4O2/c1-10-14-12(16(21)19-22-3)9-13(11-7-5-4-6-8-11)17-15(14)20(2)18-10/h4-9H,1-3H3,(H,19,21). The van der Waals surface area contributed by atoms with Gasteiger partial charge >= 0.3 is 0 Å². The predicted octanol–water partition coefficient (Wildman–Crippen LogP) is 2.23. The molecule has 0 radical (unpaired) electrons. The number of pyridine rings is 1. The molecule has 2 heterocycles. The van der Waals surface area contributed by atoms with Crippen LogP contribution >= 0.6 is 0 Å². The van der Waals surface area contributed by atoms with Gasteiger partial charge in [0, 0.05) is 12.6 Å². The maximum absolute atomic E-state index is 12.3. The molecule has 0 saturated carbocycles. The van der Waals surface area contributed by atoms with Gasteiger partial charge in [-0.25, -0.2) is 10.5 Å². The van der Waals surface area contributed by atoms with E-state index in [-0.39, 0.29) is 5.91 Å². The van der Waals surface area contributed by atoms with E-state index in [0.717, 1.165) is 22.3 Å². The molecule has 1 amide bonds. The smallest absolute Gasteiger partial charge is 0.275 e. The van der Waals surface area contributed by atoms with E-state index in [2.05, 4.69) is 15.6 Å². The van der Waals surface area contributed by atoms with E-state index in [9.17, 15) is 4.79 Å². The first kappa shape index (κ1) is 14.2. The molecule has 0 aliphatic carbocycles. The molecule has 0 aliphatic heterocycles. The van der Waals surface area contributed by atoms with E-state index in [0.29, 0.717) is 11.2 Å². The average Bonchev–Trinajstić information content (AvgIpc) is 2.82. The molecule has 0 atom stereocenters. The van der Waals surface area contributed by atoms with Gasteiger partial charge in [0.15, 0.2) is 5.65 Å². The van der Waals surface area contributed by atoms with Gasteiger partial charge in [-0.15, -0.1) is 0 Å². The molecular formula is C16H16N4O2. The van der Waals surface area contributed by atoms with Crippen LogP contribution < -0.4 is 5.48 Å². The number of fused-ring (bicyclic) bond motifs is 1. The summed E-state index contributed by atoms with van der Waals surface area (Å²) in [4.78, 5) is 21.7. The molecule has 1 aromatic carbocycles. The Labute approximate surface area is 127 Å². The van der Waals surface area contributed by atoms with Crippen LogP contribution in [0.5, 0.6) is 0 Å². The number of nitrogens with one attached hydrogen (secondary N) is 1. The minimum absolute atomic E-state index is 0.316. The molecular weight excluding hydrogens is 280 g/mol. The lowest BCUT2D eigenvalue weighted by Crippen LogP contribution is -2.22. The SMILES string of the molecule is CONC(=O)c1cc(-c2ccccc2)nc2c1c(C)nn2C. The maximum atomic E-state index is 12.3. The van der Waals surface area contributed by atoms with Crippen LogP contribution in [-0.2, 0) is 11.9 Å². The molecule has 0 fully saturated rings. The van der Waals surface area contributed by atoms with Crippen molar-refractivity contribution in [3.05, 3.63) is 47.7 Å². The van der Waals surface area contributed by atoms with Crippen molar-refractivity contribution in [3.8, 4) is 11.3 Å². The summed E-state index contributed by atoms with van der Waals surface area (Å²) in [5.74, 6) is -0.316. The third kappa shape index (κ3) is 2.33. The van der Waals surface area contributed by atoms with Gasteiger partial charge < -0.3 is 0 Å². The largest absolute Gasteiger partial charge is 0.277 e. The van der Waals surface area contributed by atoms with Crippen LogP contribution in [0.25, 0.3) is 22.3 Å². The lowest BCUT2D eigenvalue weighted by atomic mass is 10.1. The number of nitrogens with zero attached hydrogens (tertiary/aromatic N) is 3. The minimum atomic E-state index is -0.316. The van der Waals surface area contributed by atoms with Crippen molar-refractivity contribution in [2.45, 2.75) is 6.92 Å². The lowest BCUT2D eigenvalue weighted by molar-refractivity contribution is 0.0539. The number of hydrogen-bond acceptors (Lipinski definition) is 4. The molecule has 0 bridgehead atoms. The van der Waals surface area contributed by atoms with Crippen molar-refractivity contribution in [1.82, 2.24) is 20.2 Å². The van der Waals surface area contributed by atoms with Gasteiger partial charge in [0.2, 0.25) is 0 Å². The first-order valence-electron chi connectivity index (χ1n) is 6.85. The third-order valence-corrected chi connectivity index (χ3v) is 3.48. The highest BCUT2D eigenvalue weighted by molar-refractivity contribution is 6.07. The number of rotatable bonds is 3. The molecule has 0 spiro atoms. The number of benzene rings is 1. The summed E-state index contributed by atoms with van der Waals surface area (Å²) in [7, 11) is 3.22. The fraction of sp³-hybridized carbons (Fsp3) is 0.188. The van der Waals surface area contributed by atoms with Gasteiger partial charge in [-0.3, -0.25) is 14.3 Å². The van der Waals surface area contributed by atoms with Crippen LogP contribution in [-0.4, -0.2) is 27.8 Å². The van der Waals surface area contributed by atoms with E-state index < -0.39 is 0 Å². The summed E-state index contributed by atoms with van der Waals surface area (Å²) >= 11 is 0. The van der Waals surface area contributed by atoms with Gasteiger partial charge in [0.05, 0.1) is 29.4 Å². The predicted molar refractivity (Wildman–Crippen MR) is 83.2 cm³/mol. The molecule has 6 nitrogen and oxygen atoms in total. The third-order valence-electron chi connectivity index (χ3n) is 3.48. The zero-order chi connectivity index (χ0) is 15.7. The number of amides is 1. The van der Waals surface area contributed by atoms with Crippen LogP contribution in [0.1, 0.15) is 16.1 Å². The summed E-state index contributed by atoms with van der Waals surface area (Å²) in [5, 5.41) is 5.09. The number of carbonyl (C=O) groups is 1. The van der Waals surface area contributed by atoms with Gasteiger partial charge in [-0.1, -0.05) is 30.3 Å². The van der Waals surface area contributed by atoms with Crippen molar-refractivity contribution in [1.29, 1.82) is 0 Å². The van der Waals surface area contributed by atoms with E-state index in [1.54, 1.807) is 10.7 Å². The summed E-state index contributed by atoms with van der Waals surface area (Å²) < 4.78 is 1.68. The quantitative estimate of drug-likeness (QED) is 0.753. The first-order valence-corrected chi connectivity index (χ1v) is 6.85. The second kappa shape index (κ2) is 5.57. The van der Waals surface area contributed by atoms with Gasteiger partial charge in [-0.05, 0) is 13.0 Å². The molecule has 112 valence electrons. The fourth-order valence-corrected chi connectivity index (χ4v) is 2.53. The van der Waals surface area contributed by atoms with Crippen LogP contribution in [0, 0.1) is 6.92 Å². The number of carbonyl (C=O) groups excluding carboxylic acids is 1.